The maximum Gasteiger partial charge on any atom is 0.356 e. The van der Waals surface area contributed by atoms with E-state index in [2.05, 4.69) is 0 Å². The summed E-state index contributed by atoms with van der Waals surface area (Å²) in [5.74, 6) is 0.666. The second-order valence-electron chi connectivity index (χ2n) is 8.61. The lowest BCUT2D eigenvalue weighted by Gasteiger charge is -2.48. The van der Waals surface area contributed by atoms with E-state index >= 15 is 0 Å². The maximum atomic E-state index is 13.7. The number of hydrogen-bond donors (Lipinski definition) is 1. The molecule has 0 bridgehead atoms. The van der Waals surface area contributed by atoms with Crippen molar-refractivity contribution in [1.82, 2.24) is 4.90 Å². The Hall–Kier alpha value is -1.97. The molecule has 2 aromatic rings. The van der Waals surface area contributed by atoms with Gasteiger partial charge in [-0.2, -0.15) is 0 Å². The molecular formula is C26H29ClN2O4S2. The van der Waals surface area contributed by atoms with Gasteiger partial charge in [-0.25, -0.2) is 4.79 Å². The van der Waals surface area contributed by atoms with Gasteiger partial charge in [0.15, 0.2) is 6.10 Å². The van der Waals surface area contributed by atoms with E-state index in [0.717, 1.165) is 47.7 Å². The number of halogens is 1. The summed E-state index contributed by atoms with van der Waals surface area (Å²) >= 11 is 3.21. The predicted octanol–water partition coefficient (Wildman–Crippen LogP) is 4.50. The van der Waals surface area contributed by atoms with E-state index in [4.69, 9.17) is 15.2 Å². The summed E-state index contributed by atoms with van der Waals surface area (Å²) in [7, 11) is 0. The molecule has 0 saturated carbocycles. The monoisotopic (exact) mass is 532 g/mol. The predicted molar refractivity (Wildman–Crippen MR) is 142 cm³/mol. The number of nitrogens with zero attached hydrogens (tertiary/aromatic N) is 1. The fourth-order valence-electron chi connectivity index (χ4n) is 4.47. The molecule has 9 heteroatoms. The van der Waals surface area contributed by atoms with Gasteiger partial charge in [0.25, 0.3) is 0 Å². The molecule has 5 rings (SSSR count). The number of carbonyl (C=O) groups excluding carboxylic acids is 2. The minimum atomic E-state index is -0.583. The van der Waals surface area contributed by atoms with Crippen molar-refractivity contribution in [2.75, 3.05) is 18.1 Å². The SMILES string of the molecule is Cl.NC1C(=O)N2C(C(=O)OC(c3ccccc3)c3ccccc3)=C(SCC3CCCCO3)CS[C@@H]12. The highest BCUT2D eigenvalue weighted by Gasteiger charge is 2.52. The van der Waals surface area contributed by atoms with Crippen LogP contribution in [0.1, 0.15) is 36.5 Å². The standard InChI is InChI=1S/C26H28N2O4S2.ClH/c27-21-24(29)28-22(20(16-34-25(21)28)33-15-19-13-7-8-14-31-19)26(30)32-23(17-9-3-1-4-10-17)18-11-5-2-6-12-18;/h1-6,9-12,19,21,23,25H,7-8,13-16,27H2;1H/t19?,21?,25-;/m0./s1. The molecule has 0 aromatic heterocycles. The van der Waals surface area contributed by atoms with Gasteiger partial charge in [0.1, 0.15) is 17.1 Å². The second kappa shape index (κ2) is 11.8. The van der Waals surface area contributed by atoms with Crippen molar-refractivity contribution in [3.63, 3.8) is 0 Å². The number of nitrogens with two attached hydrogens (primary N) is 1. The first-order valence-electron chi connectivity index (χ1n) is 11.6. The Morgan fingerprint density at radius 2 is 1.77 bits per heavy atom. The van der Waals surface area contributed by atoms with Crippen LogP contribution >= 0.6 is 35.9 Å². The average molecular weight is 533 g/mol. The molecule has 2 aromatic carbocycles. The first-order chi connectivity index (χ1) is 16.6. The van der Waals surface area contributed by atoms with E-state index in [-0.39, 0.29) is 29.8 Å². The minimum absolute atomic E-state index is 0. The van der Waals surface area contributed by atoms with Gasteiger partial charge in [0, 0.05) is 23.0 Å². The van der Waals surface area contributed by atoms with E-state index in [1.807, 2.05) is 60.7 Å². The molecule has 3 aliphatic rings. The van der Waals surface area contributed by atoms with E-state index < -0.39 is 18.1 Å². The van der Waals surface area contributed by atoms with Crippen molar-refractivity contribution in [3.8, 4) is 0 Å². The Labute approximate surface area is 220 Å². The number of hydrogen-bond acceptors (Lipinski definition) is 7. The minimum Gasteiger partial charge on any atom is -0.448 e. The Balaban J connectivity index is 0.00000289. The molecule has 3 heterocycles. The summed E-state index contributed by atoms with van der Waals surface area (Å²) in [6.45, 7) is 0.783. The summed E-state index contributed by atoms with van der Waals surface area (Å²) in [5.41, 5.74) is 8.14. The number of β-lactam (4-membered cyclic amide) rings is 1. The van der Waals surface area contributed by atoms with Crippen molar-refractivity contribution < 1.29 is 19.1 Å². The fourth-order valence-corrected chi connectivity index (χ4v) is 7.11. The molecule has 1 amide bonds. The molecule has 186 valence electrons. The number of rotatable bonds is 7. The highest BCUT2D eigenvalue weighted by atomic mass is 35.5. The number of thioether (sulfide) groups is 2. The topological polar surface area (TPSA) is 81.9 Å². The normalized spacial score (nSPS) is 23.9. The van der Waals surface area contributed by atoms with E-state index in [9.17, 15) is 9.59 Å². The molecule has 3 aliphatic heterocycles. The van der Waals surface area contributed by atoms with Crippen LogP contribution in [-0.2, 0) is 19.1 Å². The molecule has 0 spiro atoms. The summed E-state index contributed by atoms with van der Waals surface area (Å²) < 4.78 is 12.0. The van der Waals surface area contributed by atoms with Gasteiger partial charge in [0.2, 0.25) is 5.91 Å². The van der Waals surface area contributed by atoms with E-state index in [1.54, 1.807) is 23.5 Å². The van der Waals surface area contributed by atoms with Gasteiger partial charge in [-0.3, -0.25) is 9.69 Å². The van der Waals surface area contributed by atoms with Crippen molar-refractivity contribution >= 4 is 47.8 Å². The van der Waals surface area contributed by atoms with Crippen molar-refractivity contribution in [3.05, 3.63) is 82.4 Å². The summed E-state index contributed by atoms with van der Waals surface area (Å²) in [6.07, 6.45) is 2.87. The van der Waals surface area contributed by atoms with Crippen LogP contribution in [0.5, 0.6) is 0 Å². The molecule has 0 radical (unpaired) electrons. The Morgan fingerprint density at radius 1 is 1.11 bits per heavy atom. The van der Waals surface area contributed by atoms with Crippen LogP contribution in [0.4, 0.5) is 0 Å². The quantitative estimate of drug-likeness (QED) is 0.415. The van der Waals surface area contributed by atoms with Gasteiger partial charge in [-0.05, 0) is 30.4 Å². The third-order valence-electron chi connectivity index (χ3n) is 6.31. The number of esters is 1. The molecule has 2 fully saturated rings. The van der Waals surface area contributed by atoms with Crippen molar-refractivity contribution in [1.29, 1.82) is 0 Å². The van der Waals surface area contributed by atoms with Gasteiger partial charge >= 0.3 is 5.97 Å². The molecule has 6 nitrogen and oxygen atoms in total. The van der Waals surface area contributed by atoms with Crippen LogP contribution in [0.3, 0.4) is 0 Å². The van der Waals surface area contributed by atoms with Gasteiger partial charge in [-0.1, -0.05) is 60.7 Å². The highest BCUT2D eigenvalue weighted by Crippen LogP contribution is 2.44. The zero-order valence-corrected chi connectivity index (χ0v) is 21.7. The zero-order chi connectivity index (χ0) is 23.5. The lowest BCUT2D eigenvalue weighted by molar-refractivity contribution is -0.152. The number of benzene rings is 2. The van der Waals surface area contributed by atoms with Crippen LogP contribution in [-0.4, -0.2) is 52.4 Å². The molecule has 35 heavy (non-hydrogen) atoms. The van der Waals surface area contributed by atoms with Crippen LogP contribution < -0.4 is 5.73 Å². The molecule has 2 N–H and O–H groups in total. The van der Waals surface area contributed by atoms with E-state index in [0.29, 0.717) is 11.4 Å². The molecule has 3 atom stereocenters. The van der Waals surface area contributed by atoms with Crippen LogP contribution in [0.15, 0.2) is 71.3 Å². The Bertz CT molecular complexity index is 1020. The zero-order valence-electron chi connectivity index (χ0n) is 19.2. The summed E-state index contributed by atoms with van der Waals surface area (Å²) in [4.78, 5) is 28.8. The number of ether oxygens (including phenoxy) is 2. The third-order valence-corrected chi connectivity index (χ3v) is 9.02. The molecule has 2 saturated heterocycles. The van der Waals surface area contributed by atoms with Crippen molar-refractivity contribution in [2.45, 2.75) is 42.9 Å². The first kappa shape index (κ1) is 26.1. The van der Waals surface area contributed by atoms with Gasteiger partial charge in [-0.15, -0.1) is 35.9 Å². The summed E-state index contributed by atoms with van der Waals surface area (Å²) in [6, 6.07) is 18.8. The van der Waals surface area contributed by atoms with Crippen LogP contribution in [0.2, 0.25) is 0 Å². The first-order valence-corrected chi connectivity index (χ1v) is 13.7. The summed E-state index contributed by atoms with van der Waals surface area (Å²) in [5, 5.41) is -0.225. The van der Waals surface area contributed by atoms with Crippen LogP contribution in [0, 0.1) is 0 Å². The largest absolute Gasteiger partial charge is 0.448 e. The van der Waals surface area contributed by atoms with Crippen molar-refractivity contribution in [2.24, 2.45) is 5.73 Å². The van der Waals surface area contributed by atoms with Gasteiger partial charge < -0.3 is 15.2 Å². The average Bonchev–Trinajstić information content (AvgIpc) is 2.91. The fraction of sp³-hybridized carbons (Fsp3) is 0.385. The lowest BCUT2D eigenvalue weighted by atomic mass is 10.0. The molecular weight excluding hydrogens is 504 g/mol. The number of fused-ring (bicyclic) bond motifs is 1. The molecule has 2 unspecified atom stereocenters. The third kappa shape index (κ3) is 5.57. The Kier molecular flexibility index (Phi) is 8.83. The molecule has 0 aliphatic carbocycles. The highest BCUT2D eigenvalue weighted by molar-refractivity contribution is 8.06. The maximum absolute atomic E-state index is 13.7. The van der Waals surface area contributed by atoms with Gasteiger partial charge in [0.05, 0.1) is 6.10 Å². The lowest BCUT2D eigenvalue weighted by Crippen LogP contribution is -2.68. The Morgan fingerprint density at radius 3 is 2.37 bits per heavy atom. The second-order valence-corrected chi connectivity index (χ2v) is 10.8. The van der Waals surface area contributed by atoms with E-state index in [1.165, 1.54) is 4.90 Å². The van der Waals surface area contributed by atoms with Crippen LogP contribution in [0.25, 0.3) is 0 Å². The number of amides is 1. The number of carbonyl (C=O) groups is 2. The smallest absolute Gasteiger partial charge is 0.356 e.